The zero-order chi connectivity index (χ0) is 22.5. The SMILES string of the molecule is COc1ccc(NC(=O)C2=C(C)NC(=O)N[C@H]2c2ccc(OC)cc2OC)c(OC)c1. The van der Waals surface area contributed by atoms with E-state index >= 15 is 0 Å². The van der Waals surface area contributed by atoms with Gasteiger partial charge in [0.15, 0.2) is 0 Å². The van der Waals surface area contributed by atoms with Crippen LogP contribution in [0.3, 0.4) is 0 Å². The quantitative estimate of drug-likeness (QED) is 0.627. The molecule has 9 heteroatoms. The fraction of sp³-hybridized carbons (Fsp3) is 0.273. The van der Waals surface area contributed by atoms with E-state index in [2.05, 4.69) is 16.0 Å². The van der Waals surface area contributed by atoms with Crippen LogP contribution >= 0.6 is 0 Å². The van der Waals surface area contributed by atoms with Gasteiger partial charge in [0.1, 0.15) is 23.0 Å². The average Bonchev–Trinajstić information content (AvgIpc) is 2.78. The maximum atomic E-state index is 13.3. The first-order valence-electron chi connectivity index (χ1n) is 9.45. The van der Waals surface area contributed by atoms with E-state index in [1.165, 1.54) is 14.2 Å². The average molecular weight is 427 g/mol. The molecule has 2 aromatic rings. The summed E-state index contributed by atoms with van der Waals surface area (Å²) in [6.07, 6.45) is 0. The molecule has 2 aromatic carbocycles. The monoisotopic (exact) mass is 427 g/mol. The lowest BCUT2D eigenvalue weighted by Crippen LogP contribution is -2.46. The minimum Gasteiger partial charge on any atom is -0.497 e. The van der Waals surface area contributed by atoms with Crippen molar-refractivity contribution in [3.8, 4) is 23.0 Å². The van der Waals surface area contributed by atoms with Crippen LogP contribution in [0.1, 0.15) is 18.5 Å². The van der Waals surface area contributed by atoms with Crippen LogP contribution in [-0.2, 0) is 4.79 Å². The van der Waals surface area contributed by atoms with Gasteiger partial charge in [0, 0.05) is 23.4 Å². The van der Waals surface area contributed by atoms with E-state index in [0.717, 1.165) is 0 Å². The maximum Gasteiger partial charge on any atom is 0.319 e. The van der Waals surface area contributed by atoms with Crippen LogP contribution in [-0.4, -0.2) is 40.4 Å². The van der Waals surface area contributed by atoms with Gasteiger partial charge in [0.2, 0.25) is 0 Å². The molecule has 31 heavy (non-hydrogen) atoms. The zero-order valence-corrected chi connectivity index (χ0v) is 18.0. The molecule has 0 spiro atoms. The Morgan fingerprint density at radius 1 is 0.903 bits per heavy atom. The maximum absolute atomic E-state index is 13.3. The van der Waals surface area contributed by atoms with Crippen LogP contribution in [0.25, 0.3) is 0 Å². The van der Waals surface area contributed by atoms with Crippen molar-refractivity contribution in [1.82, 2.24) is 10.6 Å². The van der Waals surface area contributed by atoms with Crippen molar-refractivity contribution in [1.29, 1.82) is 0 Å². The van der Waals surface area contributed by atoms with Gasteiger partial charge in [-0.25, -0.2) is 4.79 Å². The van der Waals surface area contributed by atoms with E-state index in [1.54, 1.807) is 57.5 Å². The minimum absolute atomic E-state index is 0.334. The third-order valence-corrected chi connectivity index (χ3v) is 4.92. The Labute approximate surface area is 180 Å². The highest BCUT2D eigenvalue weighted by Crippen LogP contribution is 2.36. The van der Waals surface area contributed by atoms with E-state index in [9.17, 15) is 9.59 Å². The molecule has 0 aromatic heterocycles. The number of rotatable bonds is 7. The smallest absolute Gasteiger partial charge is 0.319 e. The number of hydrogen-bond acceptors (Lipinski definition) is 6. The highest BCUT2D eigenvalue weighted by Gasteiger charge is 2.33. The van der Waals surface area contributed by atoms with Crippen molar-refractivity contribution < 1.29 is 28.5 Å². The molecule has 1 atom stereocenters. The van der Waals surface area contributed by atoms with Crippen molar-refractivity contribution in [3.05, 3.63) is 53.2 Å². The van der Waals surface area contributed by atoms with E-state index in [0.29, 0.717) is 45.5 Å². The molecule has 3 N–H and O–H groups in total. The Bertz CT molecular complexity index is 1030. The first-order valence-corrected chi connectivity index (χ1v) is 9.45. The number of ether oxygens (including phenoxy) is 4. The number of carbonyl (C=O) groups is 2. The summed E-state index contributed by atoms with van der Waals surface area (Å²) in [5.41, 5.74) is 1.84. The number of nitrogens with one attached hydrogen (secondary N) is 3. The third-order valence-electron chi connectivity index (χ3n) is 4.92. The van der Waals surface area contributed by atoms with Crippen LogP contribution in [0, 0.1) is 0 Å². The van der Waals surface area contributed by atoms with Gasteiger partial charge in [0.05, 0.1) is 45.7 Å². The van der Waals surface area contributed by atoms with Gasteiger partial charge in [-0.3, -0.25) is 4.79 Å². The molecule has 0 saturated carbocycles. The van der Waals surface area contributed by atoms with Crippen molar-refractivity contribution >= 4 is 17.6 Å². The van der Waals surface area contributed by atoms with Crippen molar-refractivity contribution in [2.24, 2.45) is 0 Å². The standard InChI is InChI=1S/C22H25N3O6/c1-12-19(21(26)24-16-9-7-14(29-3)11-18(16)31-5)20(25-22(27)23-12)15-8-6-13(28-2)10-17(15)30-4/h6-11,20H,1-5H3,(H,24,26)(H2,23,25,27)/t20-/m0/s1. The number of urea groups is 1. The number of benzene rings is 2. The Morgan fingerprint density at radius 3 is 2.13 bits per heavy atom. The molecular formula is C22H25N3O6. The van der Waals surface area contributed by atoms with Crippen LogP contribution in [0.4, 0.5) is 10.5 Å². The number of allylic oxidation sites excluding steroid dienone is 1. The van der Waals surface area contributed by atoms with Gasteiger partial charge >= 0.3 is 6.03 Å². The Balaban J connectivity index is 2.00. The fourth-order valence-corrected chi connectivity index (χ4v) is 3.38. The molecule has 9 nitrogen and oxygen atoms in total. The van der Waals surface area contributed by atoms with Gasteiger partial charge in [0.25, 0.3) is 5.91 Å². The second kappa shape index (κ2) is 9.29. The first-order chi connectivity index (χ1) is 14.9. The predicted molar refractivity (Wildman–Crippen MR) is 115 cm³/mol. The van der Waals surface area contributed by atoms with Crippen molar-refractivity contribution in [2.45, 2.75) is 13.0 Å². The molecule has 0 aliphatic carbocycles. The molecule has 1 aliphatic rings. The number of amides is 3. The predicted octanol–water partition coefficient (Wildman–Crippen LogP) is 2.99. The van der Waals surface area contributed by atoms with Crippen LogP contribution in [0.2, 0.25) is 0 Å². The second-order valence-corrected chi connectivity index (χ2v) is 6.70. The van der Waals surface area contributed by atoms with Crippen LogP contribution in [0.5, 0.6) is 23.0 Å². The van der Waals surface area contributed by atoms with Gasteiger partial charge in [-0.15, -0.1) is 0 Å². The molecule has 0 saturated heterocycles. The summed E-state index contributed by atoms with van der Waals surface area (Å²) in [5.74, 6) is 1.70. The first kappa shape index (κ1) is 21.8. The van der Waals surface area contributed by atoms with E-state index < -0.39 is 18.0 Å². The molecule has 3 amide bonds. The number of methoxy groups -OCH3 is 4. The van der Waals surface area contributed by atoms with E-state index in [1.807, 2.05) is 0 Å². The fourth-order valence-electron chi connectivity index (χ4n) is 3.38. The lowest BCUT2D eigenvalue weighted by molar-refractivity contribution is -0.113. The lowest BCUT2D eigenvalue weighted by Gasteiger charge is -2.29. The Morgan fingerprint density at radius 2 is 1.52 bits per heavy atom. The molecule has 0 fully saturated rings. The van der Waals surface area contributed by atoms with Gasteiger partial charge in [-0.05, 0) is 31.2 Å². The molecular weight excluding hydrogens is 402 g/mol. The highest BCUT2D eigenvalue weighted by atomic mass is 16.5. The van der Waals surface area contributed by atoms with E-state index in [-0.39, 0.29) is 0 Å². The summed E-state index contributed by atoms with van der Waals surface area (Å²) in [5, 5.41) is 8.31. The normalized spacial score (nSPS) is 15.5. The van der Waals surface area contributed by atoms with Gasteiger partial charge in [-0.1, -0.05) is 0 Å². The van der Waals surface area contributed by atoms with Crippen molar-refractivity contribution in [2.75, 3.05) is 33.8 Å². The Kier molecular flexibility index (Phi) is 6.54. The zero-order valence-electron chi connectivity index (χ0n) is 18.0. The van der Waals surface area contributed by atoms with Crippen LogP contribution < -0.4 is 34.9 Å². The third kappa shape index (κ3) is 4.50. The lowest BCUT2D eigenvalue weighted by atomic mass is 9.94. The van der Waals surface area contributed by atoms with E-state index in [4.69, 9.17) is 18.9 Å². The number of anilines is 1. The summed E-state index contributed by atoms with van der Waals surface area (Å²) in [6.45, 7) is 1.67. The molecule has 0 bridgehead atoms. The largest absolute Gasteiger partial charge is 0.497 e. The topological polar surface area (TPSA) is 107 Å². The van der Waals surface area contributed by atoms with Crippen LogP contribution in [0.15, 0.2) is 47.7 Å². The summed E-state index contributed by atoms with van der Waals surface area (Å²) in [6, 6.07) is 9.10. The molecule has 0 radical (unpaired) electrons. The number of hydrogen-bond donors (Lipinski definition) is 3. The molecule has 3 rings (SSSR count). The van der Waals surface area contributed by atoms with Gasteiger partial charge < -0.3 is 34.9 Å². The second-order valence-electron chi connectivity index (χ2n) is 6.70. The summed E-state index contributed by atoms with van der Waals surface area (Å²) >= 11 is 0. The van der Waals surface area contributed by atoms with Gasteiger partial charge in [-0.2, -0.15) is 0 Å². The minimum atomic E-state index is -0.737. The summed E-state index contributed by atoms with van der Waals surface area (Å²) < 4.78 is 21.3. The summed E-state index contributed by atoms with van der Waals surface area (Å²) in [7, 11) is 6.11. The number of carbonyl (C=O) groups excluding carboxylic acids is 2. The molecule has 1 heterocycles. The summed E-state index contributed by atoms with van der Waals surface area (Å²) in [4.78, 5) is 25.5. The molecule has 1 aliphatic heterocycles. The Hall–Kier alpha value is -3.88. The molecule has 0 unspecified atom stereocenters. The van der Waals surface area contributed by atoms with Crippen molar-refractivity contribution in [3.63, 3.8) is 0 Å². The highest BCUT2D eigenvalue weighted by molar-refractivity contribution is 6.07. The molecule has 164 valence electrons.